The number of nitrogen functional groups attached to an aromatic ring is 1. The lowest BCUT2D eigenvalue weighted by atomic mass is 9.96. The first-order valence-corrected chi connectivity index (χ1v) is 12.6. The summed E-state index contributed by atoms with van der Waals surface area (Å²) in [5.74, 6) is 6.16. The molecule has 0 saturated carbocycles. The van der Waals surface area contributed by atoms with E-state index < -0.39 is 12.5 Å². The fourth-order valence-corrected chi connectivity index (χ4v) is 4.49. The summed E-state index contributed by atoms with van der Waals surface area (Å²) < 4.78 is 31.7. The Morgan fingerprint density at radius 2 is 1.92 bits per heavy atom. The SMILES string of the molecule is [2H]C([2H])([2H])C(O)(C#Cc1cccc(COc2cc(-c3cnn(C4CCN(C)CC4)c3)cnc2N)c1)c1ccccc1. The van der Waals surface area contributed by atoms with E-state index in [-0.39, 0.29) is 18.0 Å². The number of aliphatic hydroxyl groups is 1. The number of piperidine rings is 1. The van der Waals surface area contributed by atoms with Crippen LogP contribution in [-0.4, -0.2) is 44.9 Å². The molecule has 1 saturated heterocycles. The Balaban J connectivity index is 1.30. The molecule has 4 aromatic rings. The topological polar surface area (TPSA) is 89.4 Å². The molecule has 1 atom stereocenters. The maximum absolute atomic E-state index is 11.0. The molecule has 2 aromatic carbocycles. The molecule has 2 aromatic heterocycles. The molecule has 3 heterocycles. The fourth-order valence-electron chi connectivity index (χ4n) is 4.49. The van der Waals surface area contributed by atoms with Gasteiger partial charge in [-0.2, -0.15) is 5.10 Å². The van der Waals surface area contributed by atoms with Crippen LogP contribution in [0.1, 0.15) is 46.5 Å². The average Bonchev–Trinajstić information content (AvgIpc) is 3.46. The highest BCUT2D eigenvalue weighted by atomic mass is 16.5. The van der Waals surface area contributed by atoms with Crippen molar-refractivity contribution < 1.29 is 14.0 Å². The normalized spacial score (nSPS) is 17.4. The highest BCUT2D eigenvalue weighted by molar-refractivity contribution is 5.65. The summed E-state index contributed by atoms with van der Waals surface area (Å²) in [5.41, 5.74) is 7.18. The standard InChI is InChI=1S/C31H33N5O2/c1-31(37,27-9-4-3-5-10-27)14-11-23-7-6-8-24(17-23)22-38-29-18-25(19-33-30(29)32)26-20-34-36(21-26)28-12-15-35(2)16-13-28/h3-10,17-21,28,37H,12-13,15-16,22H2,1-2H3,(H2,32,33)/i1D3. The van der Waals surface area contributed by atoms with Crippen molar-refractivity contribution in [3.63, 3.8) is 0 Å². The van der Waals surface area contributed by atoms with Crippen LogP contribution >= 0.6 is 0 Å². The van der Waals surface area contributed by atoms with Gasteiger partial charge in [0.1, 0.15) is 12.2 Å². The summed E-state index contributed by atoms with van der Waals surface area (Å²) >= 11 is 0. The number of benzene rings is 2. The van der Waals surface area contributed by atoms with Crippen LogP contribution in [0, 0.1) is 11.8 Å². The molecule has 1 aliphatic rings. The molecule has 1 unspecified atom stereocenters. The van der Waals surface area contributed by atoms with Crippen LogP contribution < -0.4 is 10.5 Å². The molecule has 0 amide bonds. The number of nitrogens with two attached hydrogens (primary N) is 1. The van der Waals surface area contributed by atoms with Crippen LogP contribution in [0.3, 0.4) is 0 Å². The van der Waals surface area contributed by atoms with E-state index in [1.165, 1.54) is 0 Å². The Hall–Kier alpha value is -4.12. The minimum Gasteiger partial charge on any atom is -0.485 e. The maximum atomic E-state index is 11.0. The zero-order valence-corrected chi connectivity index (χ0v) is 21.3. The predicted molar refractivity (Wildman–Crippen MR) is 149 cm³/mol. The van der Waals surface area contributed by atoms with Crippen molar-refractivity contribution in [1.29, 1.82) is 0 Å². The van der Waals surface area contributed by atoms with Crippen LogP contribution in [0.15, 0.2) is 79.3 Å². The lowest BCUT2D eigenvalue weighted by molar-refractivity contribution is 0.122. The van der Waals surface area contributed by atoms with E-state index in [1.54, 1.807) is 54.7 Å². The summed E-state index contributed by atoms with van der Waals surface area (Å²) in [4.78, 5) is 6.66. The Morgan fingerprint density at radius 1 is 1.11 bits per heavy atom. The van der Waals surface area contributed by atoms with Gasteiger partial charge in [-0.15, -0.1) is 0 Å². The van der Waals surface area contributed by atoms with Crippen molar-refractivity contribution in [1.82, 2.24) is 19.7 Å². The zero-order valence-electron chi connectivity index (χ0n) is 24.3. The van der Waals surface area contributed by atoms with E-state index in [9.17, 15) is 5.11 Å². The van der Waals surface area contributed by atoms with Crippen LogP contribution in [0.2, 0.25) is 0 Å². The van der Waals surface area contributed by atoms with Crippen molar-refractivity contribution in [2.24, 2.45) is 0 Å². The molecule has 1 fully saturated rings. The van der Waals surface area contributed by atoms with Crippen molar-refractivity contribution in [3.05, 3.63) is 95.9 Å². The molecule has 3 N–H and O–H groups in total. The Bertz CT molecular complexity index is 1550. The summed E-state index contributed by atoms with van der Waals surface area (Å²) in [6, 6.07) is 17.7. The molecule has 0 spiro atoms. The van der Waals surface area contributed by atoms with Gasteiger partial charge in [0.05, 0.1) is 12.2 Å². The quantitative estimate of drug-likeness (QED) is 0.368. The summed E-state index contributed by atoms with van der Waals surface area (Å²) in [7, 11) is 2.14. The van der Waals surface area contributed by atoms with E-state index in [0.717, 1.165) is 42.6 Å². The highest BCUT2D eigenvalue weighted by Gasteiger charge is 2.20. The van der Waals surface area contributed by atoms with Crippen molar-refractivity contribution in [3.8, 4) is 28.7 Å². The van der Waals surface area contributed by atoms with Gasteiger partial charge in [-0.1, -0.05) is 54.3 Å². The van der Waals surface area contributed by atoms with Crippen LogP contribution in [0.4, 0.5) is 5.82 Å². The molecule has 194 valence electrons. The summed E-state index contributed by atoms with van der Waals surface area (Å²) in [6.07, 6.45) is 7.74. The molecular weight excluding hydrogens is 474 g/mol. The van der Waals surface area contributed by atoms with Gasteiger partial charge >= 0.3 is 0 Å². The van der Waals surface area contributed by atoms with Crippen molar-refractivity contribution in [2.45, 2.75) is 37.9 Å². The number of pyridine rings is 1. The van der Waals surface area contributed by atoms with Gasteiger partial charge < -0.3 is 20.5 Å². The Labute approximate surface area is 228 Å². The van der Waals surface area contributed by atoms with E-state index in [1.807, 2.05) is 29.2 Å². The average molecular weight is 511 g/mol. The molecule has 5 rings (SSSR count). The van der Waals surface area contributed by atoms with Crippen molar-refractivity contribution >= 4 is 5.82 Å². The fraction of sp³-hybridized carbons (Fsp3) is 0.290. The van der Waals surface area contributed by atoms with Gasteiger partial charge in [-0.05, 0) is 69.2 Å². The van der Waals surface area contributed by atoms with Gasteiger partial charge in [0, 0.05) is 33.2 Å². The molecule has 7 nitrogen and oxygen atoms in total. The second kappa shape index (κ2) is 11.1. The first kappa shape index (κ1) is 21.9. The number of nitrogens with zero attached hydrogens (tertiary/aromatic N) is 4. The highest BCUT2D eigenvalue weighted by Crippen LogP contribution is 2.29. The second-order valence-corrected chi connectivity index (χ2v) is 9.67. The third-order valence-electron chi connectivity index (χ3n) is 6.78. The first-order chi connectivity index (χ1) is 19.6. The zero-order chi connectivity index (χ0) is 29.0. The molecule has 0 radical (unpaired) electrons. The van der Waals surface area contributed by atoms with E-state index in [2.05, 4.69) is 33.9 Å². The molecular formula is C31H33N5O2. The molecule has 1 aliphatic heterocycles. The van der Waals surface area contributed by atoms with E-state index >= 15 is 0 Å². The largest absolute Gasteiger partial charge is 0.485 e. The smallest absolute Gasteiger partial charge is 0.166 e. The lowest BCUT2D eigenvalue weighted by Gasteiger charge is -2.28. The molecule has 0 bridgehead atoms. The summed E-state index contributed by atoms with van der Waals surface area (Å²) in [5, 5.41) is 15.6. The number of anilines is 1. The number of hydrogen-bond donors (Lipinski definition) is 2. The Morgan fingerprint density at radius 3 is 2.71 bits per heavy atom. The molecule has 38 heavy (non-hydrogen) atoms. The molecule has 7 heteroatoms. The van der Waals surface area contributed by atoms with Gasteiger partial charge in [0.25, 0.3) is 0 Å². The van der Waals surface area contributed by atoms with Crippen LogP contribution in [-0.2, 0) is 12.2 Å². The monoisotopic (exact) mass is 510 g/mol. The number of rotatable bonds is 6. The van der Waals surface area contributed by atoms with Gasteiger partial charge in [-0.3, -0.25) is 4.68 Å². The maximum Gasteiger partial charge on any atom is 0.166 e. The number of aromatic nitrogens is 3. The van der Waals surface area contributed by atoms with Gasteiger partial charge in [0.15, 0.2) is 11.6 Å². The van der Waals surface area contributed by atoms with E-state index in [0.29, 0.717) is 17.4 Å². The molecule has 0 aliphatic carbocycles. The van der Waals surface area contributed by atoms with Gasteiger partial charge in [-0.25, -0.2) is 4.98 Å². The number of likely N-dealkylation sites (tertiary alicyclic amines) is 1. The number of hydrogen-bond acceptors (Lipinski definition) is 6. The van der Waals surface area contributed by atoms with E-state index in [4.69, 9.17) is 14.6 Å². The minimum atomic E-state index is -2.73. The van der Waals surface area contributed by atoms with Gasteiger partial charge in [0.2, 0.25) is 0 Å². The van der Waals surface area contributed by atoms with Crippen molar-refractivity contribution in [2.75, 3.05) is 25.9 Å². The second-order valence-electron chi connectivity index (χ2n) is 9.67. The number of ether oxygens (including phenoxy) is 1. The third-order valence-corrected chi connectivity index (χ3v) is 6.78. The third kappa shape index (κ3) is 6.05. The lowest BCUT2D eigenvalue weighted by Crippen LogP contribution is -2.31. The first-order valence-electron chi connectivity index (χ1n) is 14.1. The van der Waals surface area contributed by atoms with Crippen LogP contribution in [0.25, 0.3) is 11.1 Å². The predicted octanol–water partition coefficient (Wildman–Crippen LogP) is 4.63. The minimum absolute atomic E-state index is 0.196. The van der Waals surface area contributed by atoms with Crippen LogP contribution in [0.5, 0.6) is 5.75 Å². The summed E-state index contributed by atoms with van der Waals surface area (Å²) in [6.45, 7) is -0.425. The Kier molecular flexibility index (Phi) is 6.40.